The van der Waals surface area contributed by atoms with E-state index in [1.807, 2.05) is 12.1 Å². The standard InChI is InChI=1S/C25H42N2O2/c1-22(2,3)18-11-16(12-19(21(18)29)23(4,5)6)13-20(28)26-17-14-24(7,8)27-25(9,10)15-17/h11-12,17,27,29H,13-15H2,1-10H3,(H,26,28). The summed E-state index contributed by atoms with van der Waals surface area (Å²) in [7, 11) is 0. The van der Waals surface area contributed by atoms with E-state index in [9.17, 15) is 9.90 Å². The van der Waals surface area contributed by atoms with Gasteiger partial charge in [-0.2, -0.15) is 0 Å². The van der Waals surface area contributed by atoms with E-state index < -0.39 is 0 Å². The number of benzene rings is 1. The van der Waals surface area contributed by atoms with Gasteiger partial charge in [-0.05, 0) is 68.1 Å². The molecule has 0 bridgehead atoms. The Labute approximate surface area is 177 Å². The zero-order valence-corrected chi connectivity index (χ0v) is 20.2. The molecule has 0 aromatic heterocycles. The van der Waals surface area contributed by atoms with Crippen molar-refractivity contribution in [3.63, 3.8) is 0 Å². The maximum absolute atomic E-state index is 12.9. The van der Waals surface area contributed by atoms with Crippen molar-refractivity contribution in [2.45, 2.75) is 116 Å². The second kappa shape index (κ2) is 7.61. The molecule has 1 aromatic carbocycles. The van der Waals surface area contributed by atoms with Crippen LogP contribution in [0, 0.1) is 0 Å². The van der Waals surface area contributed by atoms with Crippen LogP contribution in [0.3, 0.4) is 0 Å². The van der Waals surface area contributed by atoms with Gasteiger partial charge in [0.2, 0.25) is 5.91 Å². The largest absolute Gasteiger partial charge is 0.507 e. The van der Waals surface area contributed by atoms with Gasteiger partial charge in [-0.3, -0.25) is 4.79 Å². The molecule has 0 radical (unpaired) electrons. The summed E-state index contributed by atoms with van der Waals surface area (Å²) < 4.78 is 0. The number of hydrogen-bond acceptors (Lipinski definition) is 3. The van der Waals surface area contributed by atoms with Crippen LogP contribution in [0.15, 0.2) is 12.1 Å². The lowest BCUT2D eigenvalue weighted by Gasteiger charge is -2.46. The molecule has 4 nitrogen and oxygen atoms in total. The monoisotopic (exact) mass is 402 g/mol. The van der Waals surface area contributed by atoms with Gasteiger partial charge < -0.3 is 15.7 Å². The number of phenolic OH excluding ortho intramolecular Hbond substituents is 1. The van der Waals surface area contributed by atoms with Crippen LogP contribution in [0.4, 0.5) is 0 Å². The molecule has 164 valence electrons. The normalized spacial score (nSPS) is 19.8. The van der Waals surface area contributed by atoms with Crippen LogP contribution >= 0.6 is 0 Å². The van der Waals surface area contributed by atoms with E-state index in [0.717, 1.165) is 29.5 Å². The third-order valence-corrected chi connectivity index (χ3v) is 5.71. The van der Waals surface area contributed by atoms with Crippen molar-refractivity contribution in [1.29, 1.82) is 0 Å². The van der Waals surface area contributed by atoms with E-state index in [-0.39, 0.29) is 33.9 Å². The number of amides is 1. The van der Waals surface area contributed by atoms with E-state index in [0.29, 0.717) is 12.2 Å². The van der Waals surface area contributed by atoms with Crippen molar-refractivity contribution in [2.75, 3.05) is 0 Å². The molecular formula is C25H42N2O2. The van der Waals surface area contributed by atoms with Crippen molar-refractivity contribution >= 4 is 5.91 Å². The van der Waals surface area contributed by atoms with E-state index in [4.69, 9.17) is 0 Å². The maximum Gasteiger partial charge on any atom is 0.224 e. The summed E-state index contributed by atoms with van der Waals surface area (Å²) in [6, 6.07) is 4.16. The summed E-state index contributed by atoms with van der Waals surface area (Å²) in [6.07, 6.45) is 2.16. The highest BCUT2D eigenvalue weighted by Crippen LogP contribution is 2.40. The molecular weight excluding hydrogens is 360 g/mol. The third-order valence-electron chi connectivity index (χ3n) is 5.71. The number of piperidine rings is 1. The molecule has 1 saturated heterocycles. The highest BCUT2D eigenvalue weighted by atomic mass is 16.3. The first-order chi connectivity index (χ1) is 12.9. The Hall–Kier alpha value is -1.55. The van der Waals surface area contributed by atoms with Gasteiger partial charge in [-0.15, -0.1) is 0 Å². The first-order valence-electron chi connectivity index (χ1n) is 10.9. The molecule has 0 atom stereocenters. The summed E-state index contributed by atoms with van der Waals surface area (Å²) in [5.74, 6) is 0.407. The molecule has 1 aliphatic heterocycles. The number of phenols is 1. The molecule has 0 aliphatic carbocycles. The van der Waals surface area contributed by atoms with Gasteiger partial charge in [0.25, 0.3) is 0 Å². The van der Waals surface area contributed by atoms with Crippen molar-refractivity contribution in [1.82, 2.24) is 10.6 Å². The first-order valence-corrected chi connectivity index (χ1v) is 10.9. The Morgan fingerprint density at radius 2 is 1.41 bits per heavy atom. The van der Waals surface area contributed by atoms with Crippen molar-refractivity contribution in [3.05, 3.63) is 28.8 Å². The average Bonchev–Trinajstić information content (AvgIpc) is 2.42. The van der Waals surface area contributed by atoms with Gasteiger partial charge in [0.05, 0.1) is 6.42 Å². The molecule has 0 spiro atoms. The number of hydrogen-bond donors (Lipinski definition) is 3. The molecule has 0 saturated carbocycles. The summed E-state index contributed by atoms with van der Waals surface area (Å²) in [5.41, 5.74) is 2.37. The highest BCUT2D eigenvalue weighted by molar-refractivity contribution is 5.79. The third kappa shape index (κ3) is 6.21. The SMILES string of the molecule is CC1(C)CC(NC(=O)Cc2cc(C(C)(C)C)c(O)c(C(C)(C)C)c2)CC(C)(C)N1. The van der Waals surface area contributed by atoms with E-state index in [2.05, 4.69) is 79.9 Å². The van der Waals surface area contributed by atoms with Crippen LogP contribution in [-0.4, -0.2) is 28.1 Å². The predicted octanol–water partition coefficient (Wildman–Crippen LogP) is 4.96. The molecule has 1 aliphatic rings. The zero-order chi connectivity index (χ0) is 22.4. The summed E-state index contributed by atoms with van der Waals surface area (Å²) in [6.45, 7) is 21.3. The van der Waals surface area contributed by atoms with Crippen LogP contribution in [0.25, 0.3) is 0 Å². The first kappa shape index (κ1) is 23.7. The number of nitrogens with one attached hydrogen (secondary N) is 2. The molecule has 1 aromatic rings. The molecule has 0 unspecified atom stereocenters. The van der Waals surface area contributed by atoms with E-state index in [1.165, 1.54) is 0 Å². The van der Waals surface area contributed by atoms with Crippen LogP contribution in [0.1, 0.15) is 98.8 Å². The fourth-order valence-electron chi connectivity index (χ4n) is 4.83. The molecule has 3 N–H and O–H groups in total. The zero-order valence-electron chi connectivity index (χ0n) is 20.2. The van der Waals surface area contributed by atoms with Gasteiger partial charge in [-0.1, -0.05) is 53.7 Å². The highest BCUT2D eigenvalue weighted by Gasteiger charge is 2.38. The van der Waals surface area contributed by atoms with E-state index in [1.54, 1.807) is 0 Å². The van der Waals surface area contributed by atoms with Gasteiger partial charge in [0.1, 0.15) is 5.75 Å². The lowest BCUT2D eigenvalue weighted by molar-refractivity contribution is -0.121. The Morgan fingerprint density at radius 1 is 1.00 bits per heavy atom. The summed E-state index contributed by atoms with van der Waals surface area (Å²) in [5, 5.41) is 17.8. The Morgan fingerprint density at radius 3 is 1.79 bits per heavy atom. The van der Waals surface area contributed by atoms with Crippen LogP contribution < -0.4 is 10.6 Å². The molecule has 29 heavy (non-hydrogen) atoms. The minimum Gasteiger partial charge on any atom is -0.507 e. The molecule has 4 heteroatoms. The minimum absolute atomic E-state index is 0.00293. The van der Waals surface area contributed by atoms with Crippen LogP contribution in [0.5, 0.6) is 5.75 Å². The smallest absolute Gasteiger partial charge is 0.224 e. The van der Waals surface area contributed by atoms with Gasteiger partial charge in [-0.25, -0.2) is 0 Å². The lowest BCUT2D eigenvalue weighted by atomic mass is 9.78. The van der Waals surface area contributed by atoms with Crippen LogP contribution in [0.2, 0.25) is 0 Å². The minimum atomic E-state index is -0.195. The molecule has 1 fully saturated rings. The second-order valence-electron chi connectivity index (χ2n) is 12.3. The number of carbonyl (C=O) groups excluding carboxylic acids is 1. The lowest BCUT2D eigenvalue weighted by Crippen LogP contribution is -2.62. The molecule has 1 amide bonds. The number of rotatable bonds is 3. The Balaban J connectivity index is 2.26. The number of carbonyl (C=O) groups is 1. The van der Waals surface area contributed by atoms with Gasteiger partial charge >= 0.3 is 0 Å². The molecule has 2 rings (SSSR count). The second-order valence-corrected chi connectivity index (χ2v) is 12.3. The van der Waals surface area contributed by atoms with Gasteiger partial charge in [0.15, 0.2) is 0 Å². The number of aromatic hydroxyl groups is 1. The average molecular weight is 403 g/mol. The summed E-state index contributed by atoms with van der Waals surface area (Å²) in [4.78, 5) is 12.9. The van der Waals surface area contributed by atoms with Crippen molar-refractivity contribution in [2.24, 2.45) is 0 Å². The van der Waals surface area contributed by atoms with Crippen molar-refractivity contribution < 1.29 is 9.90 Å². The van der Waals surface area contributed by atoms with Crippen molar-refractivity contribution in [3.8, 4) is 5.75 Å². The Bertz CT molecular complexity index is 713. The fourth-order valence-corrected chi connectivity index (χ4v) is 4.83. The molecule has 1 heterocycles. The predicted molar refractivity (Wildman–Crippen MR) is 122 cm³/mol. The van der Waals surface area contributed by atoms with Gasteiger partial charge in [0, 0.05) is 17.1 Å². The fraction of sp³-hybridized carbons (Fsp3) is 0.720. The van der Waals surface area contributed by atoms with Crippen LogP contribution in [-0.2, 0) is 22.0 Å². The topological polar surface area (TPSA) is 61.4 Å². The van der Waals surface area contributed by atoms with E-state index >= 15 is 0 Å². The maximum atomic E-state index is 12.9. The summed E-state index contributed by atoms with van der Waals surface area (Å²) >= 11 is 0. The quantitative estimate of drug-likeness (QED) is 0.670. The Kier molecular flexibility index (Phi) is 6.23.